The highest BCUT2D eigenvalue weighted by molar-refractivity contribution is 5.94. The van der Waals surface area contributed by atoms with E-state index < -0.39 is 5.60 Å². The number of carbonyl (C=O) groups is 2. The number of aromatic nitrogens is 1. The second kappa shape index (κ2) is 7.34. The molecule has 5 nitrogen and oxygen atoms in total. The Labute approximate surface area is 141 Å². The van der Waals surface area contributed by atoms with Crippen molar-refractivity contribution in [1.29, 1.82) is 0 Å². The van der Waals surface area contributed by atoms with Crippen LogP contribution in [0.25, 0.3) is 17.0 Å². The number of rotatable bonds is 5. The third kappa shape index (κ3) is 4.98. The lowest BCUT2D eigenvalue weighted by molar-refractivity contribution is -0.148. The van der Waals surface area contributed by atoms with Gasteiger partial charge in [0, 0.05) is 28.7 Å². The molecule has 0 amide bonds. The Morgan fingerprint density at radius 1 is 1.25 bits per heavy atom. The van der Waals surface area contributed by atoms with Crippen molar-refractivity contribution < 1.29 is 19.1 Å². The molecule has 0 aliphatic carbocycles. The van der Waals surface area contributed by atoms with Crippen LogP contribution in [0.1, 0.15) is 38.8 Å². The molecule has 1 aromatic heterocycles. The van der Waals surface area contributed by atoms with Crippen LogP contribution in [-0.2, 0) is 25.5 Å². The molecular formula is C19H23NO4. The summed E-state index contributed by atoms with van der Waals surface area (Å²) in [6.45, 7) is 7.63. The zero-order valence-electron chi connectivity index (χ0n) is 14.5. The van der Waals surface area contributed by atoms with E-state index in [2.05, 4.69) is 4.98 Å². The van der Waals surface area contributed by atoms with Crippen molar-refractivity contribution in [3.05, 3.63) is 41.6 Å². The fourth-order valence-corrected chi connectivity index (χ4v) is 2.31. The first-order valence-corrected chi connectivity index (χ1v) is 7.95. The van der Waals surface area contributed by atoms with E-state index in [9.17, 15) is 9.59 Å². The van der Waals surface area contributed by atoms with Crippen LogP contribution in [0.4, 0.5) is 0 Å². The van der Waals surface area contributed by atoms with Crippen molar-refractivity contribution in [3.8, 4) is 0 Å². The number of fused-ring (bicyclic) bond motifs is 1. The molecule has 5 heteroatoms. The lowest BCUT2D eigenvalue weighted by Crippen LogP contribution is -2.22. The fourth-order valence-electron chi connectivity index (χ4n) is 2.31. The van der Waals surface area contributed by atoms with Crippen LogP contribution in [0.2, 0.25) is 0 Å². The first-order chi connectivity index (χ1) is 11.3. The number of esters is 2. The van der Waals surface area contributed by atoms with Crippen molar-refractivity contribution in [1.82, 2.24) is 4.98 Å². The van der Waals surface area contributed by atoms with E-state index in [1.54, 1.807) is 13.0 Å². The minimum Gasteiger partial charge on any atom is -0.466 e. The van der Waals surface area contributed by atoms with Gasteiger partial charge in [-0.05, 0) is 51.5 Å². The van der Waals surface area contributed by atoms with E-state index in [0.29, 0.717) is 6.61 Å². The largest absolute Gasteiger partial charge is 0.466 e. The van der Waals surface area contributed by atoms with Crippen LogP contribution < -0.4 is 0 Å². The molecule has 0 aliphatic heterocycles. The predicted octanol–water partition coefficient (Wildman–Crippen LogP) is 3.63. The normalized spacial score (nSPS) is 11.8. The van der Waals surface area contributed by atoms with Crippen molar-refractivity contribution in [2.45, 2.75) is 39.7 Å². The lowest BCUT2D eigenvalue weighted by Gasteiger charge is -2.17. The van der Waals surface area contributed by atoms with Crippen LogP contribution in [0.3, 0.4) is 0 Å². The molecule has 0 unspecified atom stereocenters. The molecule has 0 saturated heterocycles. The van der Waals surface area contributed by atoms with Gasteiger partial charge >= 0.3 is 11.9 Å². The number of carbonyl (C=O) groups excluding carboxylic acids is 2. The van der Waals surface area contributed by atoms with E-state index in [4.69, 9.17) is 9.47 Å². The Morgan fingerprint density at radius 2 is 2.00 bits per heavy atom. The molecule has 0 aliphatic rings. The van der Waals surface area contributed by atoms with Crippen LogP contribution in [0.5, 0.6) is 0 Å². The van der Waals surface area contributed by atoms with Crippen molar-refractivity contribution in [2.24, 2.45) is 0 Å². The molecular weight excluding hydrogens is 306 g/mol. The number of nitrogens with one attached hydrogen (secondary N) is 1. The number of hydrogen-bond donors (Lipinski definition) is 1. The zero-order valence-corrected chi connectivity index (χ0v) is 14.5. The van der Waals surface area contributed by atoms with Gasteiger partial charge in [0.1, 0.15) is 5.60 Å². The average molecular weight is 329 g/mol. The van der Waals surface area contributed by atoms with Crippen molar-refractivity contribution in [3.63, 3.8) is 0 Å². The number of ether oxygens (including phenoxy) is 2. The summed E-state index contributed by atoms with van der Waals surface area (Å²) in [5.74, 6) is -0.641. The molecule has 2 rings (SSSR count). The summed E-state index contributed by atoms with van der Waals surface area (Å²) in [5, 5.41) is 0.941. The number of hydrogen-bond acceptors (Lipinski definition) is 4. The van der Waals surface area contributed by atoms with Gasteiger partial charge in [-0.2, -0.15) is 0 Å². The van der Waals surface area contributed by atoms with Crippen LogP contribution in [0, 0.1) is 0 Å². The maximum absolute atomic E-state index is 11.8. The number of benzene rings is 1. The molecule has 128 valence electrons. The summed E-state index contributed by atoms with van der Waals surface area (Å²) in [6, 6.07) is 5.73. The molecule has 0 radical (unpaired) electrons. The molecule has 2 aromatic rings. The Bertz CT molecular complexity index is 765. The third-order valence-electron chi connectivity index (χ3n) is 3.24. The summed E-state index contributed by atoms with van der Waals surface area (Å²) >= 11 is 0. The maximum atomic E-state index is 11.8. The third-order valence-corrected chi connectivity index (χ3v) is 3.24. The molecule has 0 spiro atoms. The molecule has 1 heterocycles. The van der Waals surface area contributed by atoms with Gasteiger partial charge in [-0.3, -0.25) is 4.79 Å². The SMILES string of the molecule is CCOC(=O)Cc1ccc2[nH]cc(C=CC(=O)OC(C)(C)C)c2c1. The lowest BCUT2D eigenvalue weighted by atomic mass is 10.1. The molecule has 1 N–H and O–H groups in total. The first-order valence-electron chi connectivity index (χ1n) is 7.95. The summed E-state index contributed by atoms with van der Waals surface area (Å²) < 4.78 is 10.2. The Kier molecular flexibility index (Phi) is 5.44. The maximum Gasteiger partial charge on any atom is 0.331 e. The molecule has 0 fully saturated rings. The van der Waals surface area contributed by atoms with Gasteiger partial charge in [0.15, 0.2) is 0 Å². The van der Waals surface area contributed by atoms with E-state index >= 15 is 0 Å². The highest BCUT2D eigenvalue weighted by Gasteiger charge is 2.14. The quantitative estimate of drug-likeness (QED) is 0.672. The Balaban J connectivity index is 2.19. The van der Waals surface area contributed by atoms with Gasteiger partial charge in [-0.1, -0.05) is 6.07 Å². The summed E-state index contributed by atoms with van der Waals surface area (Å²) in [7, 11) is 0. The molecule has 0 atom stereocenters. The minimum absolute atomic E-state index is 0.226. The predicted molar refractivity (Wildman–Crippen MR) is 93.5 cm³/mol. The van der Waals surface area contributed by atoms with Crippen LogP contribution in [-0.4, -0.2) is 29.1 Å². The molecule has 24 heavy (non-hydrogen) atoms. The summed E-state index contributed by atoms with van der Waals surface area (Å²) in [4.78, 5) is 26.6. The second-order valence-electron chi connectivity index (χ2n) is 6.47. The zero-order chi connectivity index (χ0) is 17.7. The summed E-state index contributed by atoms with van der Waals surface area (Å²) in [6.07, 6.45) is 5.16. The summed E-state index contributed by atoms with van der Waals surface area (Å²) in [5.41, 5.74) is 2.15. The van der Waals surface area contributed by atoms with Gasteiger partial charge in [-0.25, -0.2) is 4.79 Å². The number of aromatic amines is 1. The van der Waals surface area contributed by atoms with Gasteiger partial charge in [0.2, 0.25) is 0 Å². The van der Waals surface area contributed by atoms with E-state index in [1.165, 1.54) is 6.08 Å². The van der Waals surface area contributed by atoms with E-state index in [1.807, 2.05) is 45.2 Å². The Morgan fingerprint density at radius 3 is 2.67 bits per heavy atom. The highest BCUT2D eigenvalue weighted by atomic mass is 16.6. The molecule has 1 aromatic carbocycles. The average Bonchev–Trinajstić information content (AvgIpc) is 2.86. The topological polar surface area (TPSA) is 68.4 Å². The fraction of sp³-hybridized carbons (Fsp3) is 0.368. The Hall–Kier alpha value is -2.56. The van der Waals surface area contributed by atoms with Gasteiger partial charge in [0.05, 0.1) is 13.0 Å². The van der Waals surface area contributed by atoms with Crippen LogP contribution >= 0.6 is 0 Å². The molecule has 0 bridgehead atoms. The smallest absolute Gasteiger partial charge is 0.331 e. The highest BCUT2D eigenvalue weighted by Crippen LogP contribution is 2.22. The number of H-pyrrole nitrogens is 1. The minimum atomic E-state index is -0.519. The van der Waals surface area contributed by atoms with Gasteiger partial charge in [0.25, 0.3) is 0 Å². The second-order valence-corrected chi connectivity index (χ2v) is 6.47. The van der Waals surface area contributed by atoms with Crippen molar-refractivity contribution in [2.75, 3.05) is 6.61 Å². The van der Waals surface area contributed by atoms with Gasteiger partial charge < -0.3 is 14.5 Å². The van der Waals surface area contributed by atoms with E-state index in [-0.39, 0.29) is 18.4 Å². The van der Waals surface area contributed by atoms with Crippen molar-refractivity contribution >= 4 is 28.9 Å². The van der Waals surface area contributed by atoms with E-state index in [0.717, 1.165) is 22.0 Å². The standard InChI is InChI=1S/C19H23NO4/c1-5-23-18(22)11-13-6-8-16-15(10-13)14(12-20-16)7-9-17(21)24-19(2,3)4/h6-10,12,20H,5,11H2,1-4H3. The van der Waals surface area contributed by atoms with Crippen LogP contribution in [0.15, 0.2) is 30.5 Å². The monoisotopic (exact) mass is 329 g/mol. The first kappa shape index (κ1) is 17.8. The molecule has 0 saturated carbocycles. The van der Waals surface area contributed by atoms with Gasteiger partial charge in [-0.15, -0.1) is 0 Å².